The van der Waals surface area contributed by atoms with Gasteiger partial charge in [-0.3, -0.25) is 4.79 Å². The van der Waals surface area contributed by atoms with E-state index in [1.54, 1.807) is 24.3 Å². The Labute approximate surface area is 167 Å². The van der Waals surface area contributed by atoms with Gasteiger partial charge in [-0.05, 0) is 34.0 Å². The summed E-state index contributed by atoms with van der Waals surface area (Å²) >= 11 is 1.46. The molecule has 0 aliphatic carbocycles. The summed E-state index contributed by atoms with van der Waals surface area (Å²) in [5.74, 6) is -0.426. The van der Waals surface area contributed by atoms with Crippen molar-refractivity contribution in [3.63, 3.8) is 0 Å². The molecule has 146 valence electrons. The van der Waals surface area contributed by atoms with E-state index in [2.05, 4.69) is 31.0 Å². The maximum atomic E-state index is 12.5. The lowest BCUT2D eigenvalue weighted by Crippen LogP contribution is -2.21. The Morgan fingerprint density at radius 2 is 2.10 bits per heavy atom. The minimum Gasteiger partial charge on any atom is -0.454 e. The number of ether oxygens (including phenoxy) is 1. The molecule has 29 heavy (non-hydrogen) atoms. The molecule has 1 N–H and O–H groups in total. The minimum atomic E-state index is -0.634. The monoisotopic (exact) mass is 411 g/mol. The van der Waals surface area contributed by atoms with Crippen molar-refractivity contribution < 1.29 is 18.8 Å². The highest BCUT2D eigenvalue weighted by atomic mass is 32.1. The van der Waals surface area contributed by atoms with E-state index in [1.807, 2.05) is 17.5 Å². The van der Waals surface area contributed by atoms with Crippen LogP contribution in [0, 0.1) is 0 Å². The third-order valence-electron chi connectivity index (χ3n) is 3.65. The molecule has 4 aromatic rings. The normalized spacial score (nSPS) is 10.6. The third kappa shape index (κ3) is 4.50. The Bertz CT molecular complexity index is 1110. The van der Waals surface area contributed by atoms with E-state index in [1.165, 1.54) is 22.3 Å². The van der Waals surface area contributed by atoms with Gasteiger partial charge < -0.3 is 14.6 Å². The van der Waals surface area contributed by atoms with Crippen LogP contribution in [-0.2, 0) is 22.7 Å². The van der Waals surface area contributed by atoms with Crippen molar-refractivity contribution in [1.82, 2.24) is 30.3 Å². The van der Waals surface area contributed by atoms with Gasteiger partial charge in [0.2, 0.25) is 11.7 Å². The van der Waals surface area contributed by atoms with Crippen LogP contribution >= 0.6 is 11.3 Å². The highest BCUT2D eigenvalue weighted by molar-refractivity contribution is 7.13. The van der Waals surface area contributed by atoms with Crippen molar-refractivity contribution in [3.8, 4) is 10.8 Å². The topological polar surface area (TPSA) is 138 Å². The molecule has 0 fully saturated rings. The van der Waals surface area contributed by atoms with Crippen LogP contribution in [0.25, 0.3) is 10.8 Å². The molecule has 1 aromatic carbocycles. The number of anilines is 1. The van der Waals surface area contributed by atoms with Crippen LogP contribution in [0.3, 0.4) is 0 Å². The second-order valence-corrected chi connectivity index (χ2v) is 6.62. The minimum absolute atomic E-state index is 0.0925. The molecule has 0 aliphatic rings. The number of hydrogen-bond donors (Lipinski definition) is 1. The molecule has 0 saturated carbocycles. The van der Waals surface area contributed by atoms with Gasteiger partial charge in [0.1, 0.15) is 12.9 Å². The van der Waals surface area contributed by atoms with Crippen LogP contribution < -0.4 is 5.32 Å². The molecule has 3 heterocycles. The number of amides is 1. The SMILES string of the molecule is O=C(Cn1cnnn1)Nc1ccccc1C(=O)OCc1noc(-c2cccs2)n1. The fourth-order valence-electron chi connectivity index (χ4n) is 2.38. The molecule has 0 unspecified atom stereocenters. The van der Waals surface area contributed by atoms with E-state index in [0.717, 1.165) is 4.88 Å². The molecule has 0 saturated heterocycles. The van der Waals surface area contributed by atoms with Gasteiger partial charge in [0, 0.05) is 0 Å². The van der Waals surface area contributed by atoms with Gasteiger partial charge in [-0.2, -0.15) is 4.98 Å². The second kappa shape index (κ2) is 8.39. The standard InChI is InChI=1S/C17H13N7O4S/c25-15(8-24-10-18-22-23-24)19-12-5-2-1-4-11(12)17(26)27-9-14-20-16(28-21-14)13-6-3-7-29-13/h1-7,10H,8-9H2,(H,19,25). The van der Waals surface area contributed by atoms with Gasteiger partial charge in [0.15, 0.2) is 6.61 Å². The summed E-state index contributed by atoms with van der Waals surface area (Å²) in [6.07, 6.45) is 1.31. The maximum Gasteiger partial charge on any atom is 0.340 e. The molecule has 0 bridgehead atoms. The van der Waals surface area contributed by atoms with Crippen molar-refractivity contribution in [2.75, 3.05) is 5.32 Å². The molecule has 0 aliphatic heterocycles. The number of thiophene rings is 1. The lowest BCUT2D eigenvalue weighted by atomic mass is 10.2. The first kappa shape index (κ1) is 18.4. The largest absolute Gasteiger partial charge is 0.454 e. The molecule has 12 heteroatoms. The highest BCUT2D eigenvalue weighted by Gasteiger charge is 2.17. The number of benzene rings is 1. The first-order valence-electron chi connectivity index (χ1n) is 8.32. The molecule has 4 rings (SSSR count). The number of nitrogens with zero attached hydrogens (tertiary/aromatic N) is 6. The number of carbonyl (C=O) groups excluding carboxylic acids is 2. The second-order valence-electron chi connectivity index (χ2n) is 5.67. The van der Waals surface area contributed by atoms with Gasteiger partial charge >= 0.3 is 5.97 Å². The number of esters is 1. The van der Waals surface area contributed by atoms with Crippen LogP contribution in [0.5, 0.6) is 0 Å². The summed E-state index contributed by atoms with van der Waals surface area (Å²) in [6.45, 7) is -0.259. The van der Waals surface area contributed by atoms with E-state index >= 15 is 0 Å². The summed E-state index contributed by atoms with van der Waals surface area (Å²) < 4.78 is 11.7. The average molecular weight is 411 g/mol. The fraction of sp³-hybridized carbons (Fsp3) is 0.118. The molecule has 1 amide bonds. The molecule has 0 atom stereocenters. The molecule has 0 spiro atoms. The van der Waals surface area contributed by atoms with Crippen LogP contribution in [0.1, 0.15) is 16.2 Å². The number of para-hydroxylation sites is 1. The van der Waals surface area contributed by atoms with Crippen molar-refractivity contribution in [2.24, 2.45) is 0 Å². The summed E-state index contributed by atoms with van der Waals surface area (Å²) in [4.78, 5) is 29.6. The molecule has 0 radical (unpaired) electrons. The number of rotatable bonds is 7. The van der Waals surface area contributed by atoms with Crippen LogP contribution in [-0.4, -0.2) is 42.2 Å². The number of carbonyl (C=O) groups is 2. The lowest BCUT2D eigenvalue weighted by molar-refractivity contribution is -0.116. The van der Waals surface area contributed by atoms with Gasteiger partial charge in [-0.1, -0.05) is 23.4 Å². The summed E-state index contributed by atoms with van der Waals surface area (Å²) in [7, 11) is 0. The number of tetrazole rings is 1. The van der Waals surface area contributed by atoms with E-state index in [-0.39, 0.29) is 24.5 Å². The van der Waals surface area contributed by atoms with Crippen LogP contribution in [0.4, 0.5) is 5.69 Å². The van der Waals surface area contributed by atoms with E-state index < -0.39 is 11.9 Å². The van der Waals surface area contributed by atoms with Crippen molar-refractivity contribution in [3.05, 3.63) is 59.5 Å². The summed E-state index contributed by atoms with van der Waals surface area (Å²) in [6, 6.07) is 10.2. The van der Waals surface area contributed by atoms with Gasteiger partial charge in [0.25, 0.3) is 5.89 Å². The number of hydrogen-bond acceptors (Lipinski definition) is 10. The predicted octanol–water partition coefficient (Wildman–Crippen LogP) is 1.78. The quantitative estimate of drug-likeness (QED) is 0.451. The first-order chi connectivity index (χ1) is 14.2. The molecular weight excluding hydrogens is 398 g/mol. The molecule has 11 nitrogen and oxygen atoms in total. The summed E-state index contributed by atoms with van der Waals surface area (Å²) in [5.41, 5.74) is 0.502. The Morgan fingerprint density at radius 1 is 1.21 bits per heavy atom. The summed E-state index contributed by atoms with van der Waals surface area (Å²) in [5, 5.41) is 18.9. The zero-order chi connectivity index (χ0) is 20.1. The Morgan fingerprint density at radius 3 is 2.90 bits per heavy atom. The van der Waals surface area contributed by atoms with Gasteiger partial charge in [-0.25, -0.2) is 9.48 Å². The van der Waals surface area contributed by atoms with Crippen molar-refractivity contribution in [1.29, 1.82) is 0 Å². The third-order valence-corrected chi connectivity index (χ3v) is 4.51. The zero-order valence-electron chi connectivity index (χ0n) is 14.8. The number of nitrogens with one attached hydrogen (secondary N) is 1. The van der Waals surface area contributed by atoms with E-state index in [9.17, 15) is 9.59 Å². The van der Waals surface area contributed by atoms with E-state index in [0.29, 0.717) is 11.6 Å². The molecule has 3 aromatic heterocycles. The Hall–Kier alpha value is -3.93. The predicted molar refractivity (Wildman–Crippen MR) is 99.6 cm³/mol. The Balaban J connectivity index is 1.39. The lowest BCUT2D eigenvalue weighted by Gasteiger charge is -2.10. The maximum absolute atomic E-state index is 12.5. The van der Waals surface area contributed by atoms with Crippen molar-refractivity contribution in [2.45, 2.75) is 13.2 Å². The highest BCUT2D eigenvalue weighted by Crippen LogP contribution is 2.23. The first-order valence-corrected chi connectivity index (χ1v) is 9.20. The van der Waals surface area contributed by atoms with Crippen molar-refractivity contribution >= 4 is 28.9 Å². The number of aromatic nitrogens is 6. The fourth-order valence-corrected chi connectivity index (χ4v) is 3.03. The zero-order valence-corrected chi connectivity index (χ0v) is 15.6. The smallest absolute Gasteiger partial charge is 0.340 e. The van der Waals surface area contributed by atoms with Gasteiger partial charge in [-0.15, -0.1) is 16.4 Å². The van der Waals surface area contributed by atoms with Crippen LogP contribution in [0.2, 0.25) is 0 Å². The Kier molecular flexibility index (Phi) is 5.33. The van der Waals surface area contributed by atoms with Crippen LogP contribution in [0.15, 0.2) is 52.6 Å². The van der Waals surface area contributed by atoms with Gasteiger partial charge in [0.05, 0.1) is 16.1 Å². The average Bonchev–Trinajstić information content (AvgIpc) is 3.48. The molecular formula is C17H13N7O4S. The van der Waals surface area contributed by atoms with E-state index in [4.69, 9.17) is 9.26 Å².